The van der Waals surface area contributed by atoms with E-state index in [1.165, 1.54) is 13.0 Å². The first-order valence-electron chi connectivity index (χ1n) is 5.96. The van der Waals surface area contributed by atoms with E-state index >= 15 is 0 Å². The lowest BCUT2D eigenvalue weighted by atomic mass is 9.85. The van der Waals surface area contributed by atoms with Crippen molar-refractivity contribution in [2.24, 2.45) is 11.8 Å². The van der Waals surface area contributed by atoms with Crippen LogP contribution in [0.4, 0.5) is 0 Å². The molecular weight excluding hydrogens is 172 g/mol. The highest BCUT2D eigenvalue weighted by Gasteiger charge is 2.30. The highest BCUT2D eigenvalue weighted by atomic mass is 15.2. The van der Waals surface area contributed by atoms with Crippen molar-refractivity contribution in [1.29, 1.82) is 0 Å². The monoisotopic (exact) mass is 198 g/mol. The standard InChI is InChI=1S/C12H26N2/c1-9-6-10(2)12(4)14(8-9)11(3)7-13-5/h9-13H,6-8H2,1-5H3. The molecular formula is C12H26N2. The van der Waals surface area contributed by atoms with Crippen LogP contribution in [-0.2, 0) is 0 Å². The van der Waals surface area contributed by atoms with Gasteiger partial charge in [0.05, 0.1) is 0 Å². The Hall–Kier alpha value is -0.0800. The first-order valence-corrected chi connectivity index (χ1v) is 5.96. The van der Waals surface area contributed by atoms with Crippen molar-refractivity contribution < 1.29 is 0 Å². The average molecular weight is 198 g/mol. The molecule has 0 aliphatic carbocycles. The van der Waals surface area contributed by atoms with Crippen molar-refractivity contribution in [2.75, 3.05) is 20.1 Å². The smallest absolute Gasteiger partial charge is 0.0195 e. The van der Waals surface area contributed by atoms with Crippen LogP contribution in [0.5, 0.6) is 0 Å². The quantitative estimate of drug-likeness (QED) is 0.746. The van der Waals surface area contributed by atoms with Gasteiger partial charge in [-0.05, 0) is 39.2 Å². The second kappa shape index (κ2) is 5.13. The van der Waals surface area contributed by atoms with E-state index in [-0.39, 0.29) is 0 Å². The number of likely N-dealkylation sites (tertiary alicyclic amines) is 1. The number of hydrogen-bond donors (Lipinski definition) is 1. The van der Waals surface area contributed by atoms with Gasteiger partial charge in [0.25, 0.3) is 0 Å². The zero-order chi connectivity index (χ0) is 10.7. The van der Waals surface area contributed by atoms with Crippen LogP contribution in [0.25, 0.3) is 0 Å². The summed E-state index contributed by atoms with van der Waals surface area (Å²) in [4.78, 5) is 2.66. The topological polar surface area (TPSA) is 15.3 Å². The van der Waals surface area contributed by atoms with Crippen molar-refractivity contribution in [1.82, 2.24) is 10.2 Å². The molecule has 4 atom stereocenters. The fourth-order valence-electron chi connectivity index (χ4n) is 2.75. The third-order valence-electron chi connectivity index (χ3n) is 3.71. The second-order valence-electron chi connectivity index (χ2n) is 5.16. The van der Waals surface area contributed by atoms with Crippen LogP contribution >= 0.6 is 0 Å². The molecule has 1 N–H and O–H groups in total. The average Bonchev–Trinajstić information content (AvgIpc) is 2.11. The normalized spacial score (nSPS) is 37.1. The molecule has 0 saturated carbocycles. The van der Waals surface area contributed by atoms with Crippen LogP contribution in [0.15, 0.2) is 0 Å². The first-order chi connectivity index (χ1) is 6.56. The predicted molar refractivity (Wildman–Crippen MR) is 62.5 cm³/mol. The highest BCUT2D eigenvalue weighted by Crippen LogP contribution is 2.28. The number of likely N-dealkylation sites (N-methyl/N-ethyl adjacent to an activating group) is 1. The predicted octanol–water partition coefficient (Wildman–Crippen LogP) is 1.96. The van der Waals surface area contributed by atoms with E-state index in [0.29, 0.717) is 6.04 Å². The van der Waals surface area contributed by atoms with Gasteiger partial charge in [0.15, 0.2) is 0 Å². The van der Waals surface area contributed by atoms with Gasteiger partial charge < -0.3 is 5.32 Å². The van der Waals surface area contributed by atoms with Gasteiger partial charge in [-0.1, -0.05) is 13.8 Å². The number of piperidine rings is 1. The largest absolute Gasteiger partial charge is 0.318 e. The Morgan fingerprint density at radius 3 is 2.57 bits per heavy atom. The van der Waals surface area contributed by atoms with E-state index in [2.05, 4.69) is 37.9 Å². The van der Waals surface area contributed by atoms with E-state index in [1.807, 2.05) is 7.05 Å². The molecule has 1 aliphatic rings. The maximum Gasteiger partial charge on any atom is 0.0195 e. The van der Waals surface area contributed by atoms with Crippen LogP contribution < -0.4 is 5.32 Å². The van der Waals surface area contributed by atoms with Crippen molar-refractivity contribution in [3.05, 3.63) is 0 Å². The van der Waals surface area contributed by atoms with Gasteiger partial charge in [0.2, 0.25) is 0 Å². The molecule has 0 spiro atoms. The summed E-state index contributed by atoms with van der Waals surface area (Å²) in [6, 6.07) is 1.41. The molecule has 0 aromatic heterocycles. The minimum absolute atomic E-state index is 0.667. The Balaban J connectivity index is 2.56. The summed E-state index contributed by atoms with van der Waals surface area (Å²) >= 11 is 0. The molecule has 0 aromatic carbocycles. The first kappa shape index (κ1) is 12.0. The Kier molecular flexibility index (Phi) is 4.39. The maximum atomic E-state index is 3.27. The highest BCUT2D eigenvalue weighted by molar-refractivity contribution is 4.85. The van der Waals surface area contributed by atoms with Gasteiger partial charge in [-0.25, -0.2) is 0 Å². The van der Waals surface area contributed by atoms with Crippen LogP contribution in [0.3, 0.4) is 0 Å². The number of hydrogen-bond acceptors (Lipinski definition) is 2. The van der Waals surface area contributed by atoms with Crippen LogP contribution in [0.2, 0.25) is 0 Å². The lowest BCUT2D eigenvalue weighted by Crippen LogP contribution is -2.52. The molecule has 1 heterocycles. The fourth-order valence-corrected chi connectivity index (χ4v) is 2.75. The Bertz CT molecular complexity index is 170. The third-order valence-corrected chi connectivity index (χ3v) is 3.71. The molecule has 1 saturated heterocycles. The summed E-state index contributed by atoms with van der Waals surface area (Å²) in [5, 5.41) is 3.27. The Labute approximate surface area is 89.1 Å². The Morgan fingerprint density at radius 2 is 2.00 bits per heavy atom. The molecule has 1 rings (SSSR count). The molecule has 0 aromatic rings. The van der Waals surface area contributed by atoms with Gasteiger partial charge in [-0.3, -0.25) is 4.90 Å². The van der Waals surface area contributed by atoms with Crippen LogP contribution in [0, 0.1) is 11.8 Å². The second-order valence-corrected chi connectivity index (χ2v) is 5.16. The van der Waals surface area contributed by atoms with Gasteiger partial charge in [-0.15, -0.1) is 0 Å². The molecule has 84 valence electrons. The molecule has 2 nitrogen and oxygen atoms in total. The third kappa shape index (κ3) is 2.71. The van der Waals surface area contributed by atoms with E-state index < -0.39 is 0 Å². The van der Waals surface area contributed by atoms with Gasteiger partial charge in [-0.2, -0.15) is 0 Å². The summed E-state index contributed by atoms with van der Waals surface area (Å²) in [7, 11) is 2.04. The van der Waals surface area contributed by atoms with Crippen molar-refractivity contribution in [3.63, 3.8) is 0 Å². The molecule has 1 aliphatic heterocycles. The summed E-state index contributed by atoms with van der Waals surface area (Å²) in [6.07, 6.45) is 1.39. The SMILES string of the molecule is CNCC(C)N1CC(C)CC(C)C1C. The lowest BCUT2D eigenvalue weighted by molar-refractivity contribution is 0.0472. The van der Waals surface area contributed by atoms with Crippen molar-refractivity contribution in [2.45, 2.75) is 46.2 Å². The van der Waals surface area contributed by atoms with Crippen molar-refractivity contribution in [3.8, 4) is 0 Å². The molecule has 1 fully saturated rings. The molecule has 4 unspecified atom stereocenters. The van der Waals surface area contributed by atoms with Crippen molar-refractivity contribution >= 4 is 0 Å². The van der Waals surface area contributed by atoms with E-state index in [4.69, 9.17) is 0 Å². The number of nitrogens with zero attached hydrogens (tertiary/aromatic N) is 1. The van der Waals surface area contributed by atoms with Gasteiger partial charge in [0.1, 0.15) is 0 Å². The van der Waals surface area contributed by atoms with E-state index in [1.54, 1.807) is 0 Å². The van der Waals surface area contributed by atoms with E-state index in [0.717, 1.165) is 24.4 Å². The Morgan fingerprint density at radius 1 is 1.36 bits per heavy atom. The summed E-state index contributed by atoms with van der Waals surface area (Å²) in [6.45, 7) is 11.8. The zero-order valence-electron chi connectivity index (χ0n) is 10.4. The molecule has 0 radical (unpaired) electrons. The van der Waals surface area contributed by atoms with E-state index in [9.17, 15) is 0 Å². The van der Waals surface area contributed by atoms with Gasteiger partial charge >= 0.3 is 0 Å². The summed E-state index contributed by atoms with van der Waals surface area (Å²) in [5.41, 5.74) is 0. The fraction of sp³-hybridized carbons (Fsp3) is 1.00. The lowest BCUT2D eigenvalue weighted by Gasteiger charge is -2.44. The van der Waals surface area contributed by atoms with Crippen LogP contribution in [-0.4, -0.2) is 37.1 Å². The summed E-state index contributed by atoms with van der Waals surface area (Å²) < 4.78 is 0. The molecule has 0 amide bonds. The van der Waals surface area contributed by atoms with Crippen LogP contribution in [0.1, 0.15) is 34.1 Å². The maximum absolute atomic E-state index is 3.27. The number of nitrogens with one attached hydrogen (secondary N) is 1. The minimum atomic E-state index is 0.667. The molecule has 0 bridgehead atoms. The number of rotatable bonds is 3. The summed E-state index contributed by atoms with van der Waals surface area (Å²) in [5.74, 6) is 1.71. The molecule has 14 heavy (non-hydrogen) atoms. The zero-order valence-corrected chi connectivity index (χ0v) is 10.4. The molecule has 2 heteroatoms. The van der Waals surface area contributed by atoms with Gasteiger partial charge in [0, 0.05) is 25.2 Å². The minimum Gasteiger partial charge on any atom is -0.318 e.